The molecule has 0 fully saturated rings. The van der Waals surface area contributed by atoms with E-state index in [0.717, 1.165) is 27.5 Å². The maximum Gasteiger partial charge on any atom is 0.203 e. The SMILES string of the molecule is CCOc1cc(/C=N/Nc2nc(-c3ccccc3)cs2)ccc1OCc1cccc(C)c1. The maximum atomic E-state index is 6.01. The van der Waals surface area contributed by atoms with Crippen LogP contribution < -0.4 is 14.9 Å². The molecule has 0 aliphatic rings. The van der Waals surface area contributed by atoms with Crippen LogP contribution in [0.15, 0.2) is 83.3 Å². The summed E-state index contributed by atoms with van der Waals surface area (Å²) in [5.74, 6) is 1.41. The summed E-state index contributed by atoms with van der Waals surface area (Å²) in [7, 11) is 0. The minimum Gasteiger partial charge on any atom is -0.490 e. The van der Waals surface area contributed by atoms with Crippen LogP contribution in [-0.4, -0.2) is 17.8 Å². The third-order valence-electron chi connectivity index (χ3n) is 4.69. The normalized spacial score (nSPS) is 10.9. The summed E-state index contributed by atoms with van der Waals surface area (Å²) >= 11 is 1.52. The molecule has 0 aliphatic heterocycles. The van der Waals surface area contributed by atoms with Crippen molar-refractivity contribution in [2.24, 2.45) is 5.10 Å². The van der Waals surface area contributed by atoms with Gasteiger partial charge in [0.15, 0.2) is 11.5 Å². The van der Waals surface area contributed by atoms with Crippen LogP contribution in [-0.2, 0) is 6.61 Å². The van der Waals surface area contributed by atoms with E-state index >= 15 is 0 Å². The van der Waals surface area contributed by atoms with Gasteiger partial charge in [0, 0.05) is 10.9 Å². The van der Waals surface area contributed by atoms with E-state index in [2.05, 4.69) is 40.6 Å². The van der Waals surface area contributed by atoms with E-state index in [1.807, 2.05) is 66.9 Å². The molecule has 1 N–H and O–H groups in total. The molecule has 4 rings (SSSR count). The van der Waals surface area contributed by atoms with Crippen molar-refractivity contribution in [2.45, 2.75) is 20.5 Å². The van der Waals surface area contributed by atoms with Crippen molar-refractivity contribution in [3.05, 3.63) is 94.9 Å². The quantitative estimate of drug-likeness (QED) is 0.236. The zero-order chi connectivity index (χ0) is 22.2. The zero-order valence-electron chi connectivity index (χ0n) is 18.1. The van der Waals surface area contributed by atoms with Gasteiger partial charge in [0.05, 0.1) is 18.5 Å². The Morgan fingerprint density at radius 1 is 0.969 bits per heavy atom. The number of hydrogen-bond acceptors (Lipinski definition) is 6. The van der Waals surface area contributed by atoms with Crippen molar-refractivity contribution in [3.63, 3.8) is 0 Å². The van der Waals surface area contributed by atoms with Gasteiger partial charge in [0.25, 0.3) is 0 Å². The van der Waals surface area contributed by atoms with Gasteiger partial charge in [-0.15, -0.1) is 11.3 Å². The van der Waals surface area contributed by atoms with Gasteiger partial charge in [-0.3, -0.25) is 5.43 Å². The Kier molecular flexibility index (Phi) is 7.15. The van der Waals surface area contributed by atoms with Crippen LogP contribution in [0.5, 0.6) is 11.5 Å². The van der Waals surface area contributed by atoms with Crippen LogP contribution in [0, 0.1) is 6.92 Å². The average Bonchev–Trinajstić information content (AvgIpc) is 3.28. The number of anilines is 1. The van der Waals surface area contributed by atoms with Crippen LogP contribution in [0.1, 0.15) is 23.6 Å². The Bertz CT molecular complexity index is 1190. The largest absolute Gasteiger partial charge is 0.490 e. The van der Waals surface area contributed by atoms with Gasteiger partial charge in [-0.25, -0.2) is 4.98 Å². The number of nitrogens with zero attached hydrogens (tertiary/aromatic N) is 2. The fourth-order valence-corrected chi connectivity index (χ4v) is 3.85. The monoisotopic (exact) mass is 443 g/mol. The highest BCUT2D eigenvalue weighted by Gasteiger charge is 2.07. The molecule has 0 bridgehead atoms. The minimum atomic E-state index is 0.491. The van der Waals surface area contributed by atoms with Crippen molar-refractivity contribution in [3.8, 4) is 22.8 Å². The lowest BCUT2D eigenvalue weighted by atomic mass is 10.1. The second kappa shape index (κ2) is 10.6. The second-order valence-electron chi connectivity index (χ2n) is 7.19. The van der Waals surface area contributed by atoms with Crippen molar-refractivity contribution < 1.29 is 9.47 Å². The summed E-state index contributed by atoms with van der Waals surface area (Å²) in [5, 5.41) is 7.08. The highest BCUT2D eigenvalue weighted by Crippen LogP contribution is 2.29. The number of nitrogens with one attached hydrogen (secondary N) is 1. The fourth-order valence-electron chi connectivity index (χ4n) is 3.18. The van der Waals surface area contributed by atoms with E-state index < -0.39 is 0 Å². The molecule has 1 heterocycles. The molecule has 32 heavy (non-hydrogen) atoms. The lowest BCUT2D eigenvalue weighted by Crippen LogP contribution is -2.01. The first-order valence-electron chi connectivity index (χ1n) is 10.5. The molecule has 0 unspecified atom stereocenters. The Morgan fingerprint density at radius 2 is 1.84 bits per heavy atom. The number of hydrogen-bond donors (Lipinski definition) is 1. The molecule has 0 atom stereocenters. The van der Waals surface area contributed by atoms with Crippen LogP contribution in [0.25, 0.3) is 11.3 Å². The van der Waals surface area contributed by atoms with E-state index in [1.165, 1.54) is 16.9 Å². The first-order chi connectivity index (χ1) is 15.7. The molecular weight excluding hydrogens is 418 g/mol. The molecule has 4 aromatic rings. The second-order valence-corrected chi connectivity index (χ2v) is 8.05. The van der Waals surface area contributed by atoms with Gasteiger partial charge in [-0.05, 0) is 43.2 Å². The molecule has 0 spiro atoms. The van der Waals surface area contributed by atoms with Gasteiger partial charge >= 0.3 is 0 Å². The lowest BCUT2D eigenvalue weighted by Gasteiger charge is -2.13. The Hall–Kier alpha value is -3.64. The standard InChI is InChI=1S/C26H25N3O2S/c1-3-30-25-15-20(12-13-24(25)31-17-21-9-7-8-19(2)14-21)16-27-29-26-28-23(18-32-26)22-10-5-4-6-11-22/h4-16,18H,3,17H2,1-2H3,(H,28,29)/b27-16+. The number of aryl methyl sites for hydroxylation is 1. The number of aromatic nitrogens is 1. The molecule has 0 saturated carbocycles. The van der Waals surface area contributed by atoms with E-state index in [-0.39, 0.29) is 0 Å². The predicted octanol–water partition coefficient (Wildman–Crippen LogP) is 6.54. The molecule has 162 valence electrons. The number of ether oxygens (including phenoxy) is 2. The first-order valence-corrected chi connectivity index (χ1v) is 11.3. The van der Waals surface area contributed by atoms with E-state index in [9.17, 15) is 0 Å². The average molecular weight is 444 g/mol. The molecule has 1 aromatic heterocycles. The third-order valence-corrected chi connectivity index (χ3v) is 5.44. The predicted molar refractivity (Wildman–Crippen MR) is 132 cm³/mol. The molecule has 0 saturated heterocycles. The van der Waals surface area contributed by atoms with Crippen molar-refractivity contribution in [1.29, 1.82) is 0 Å². The van der Waals surface area contributed by atoms with Crippen LogP contribution in [0.4, 0.5) is 5.13 Å². The molecule has 0 amide bonds. The highest BCUT2D eigenvalue weighted by molar-refractivity contribution is 7.14. The summed E-state index contributed by atoms with van der Waals surface area (Å²) in [4.78, 5) is 4.58. The topological polar surface area (TPSA) is 55.7 Å². The van der Waals surface area contributed by atoms with Gasteiger partial charge in [0.1, 0.15) is 6.61 Å². The zero-order valence-corrected chi connectivity index (χ0v) is 18.9. The molecule has 3 aromatic carbocycles. The van der Waals surface area contributed by atoms with Crippen LogP contribution in [0.2, 0.25) is 0 Å². The van der Waals surface area contributed by atoms with Gasteiger partial charge in [0.2, 0.25) is 5.13 Å². The summed E-state index contributed by atoms with van der Waals surface area (Å²) in [5.41, 5.74) is 8.27. The molecule has 0 radical (unpaired) electrons. The number of rotatable bonds is 9. The van der Waals surface area contributed by atoms with Gasteiger partial charge in [-0.1, -0.05) is 60.2 Å². The van der Waals surface area contributed by atoms with Crippen LogP contribution in [0.3, 0.4) is 0 Å². The molecule has 6 heteroatoms. The molecule has 0 aliphatic carbocycles. The summed E-state index contributed by atoms with van der Waals surface area (Å²) < 4.78 is 11.8. The minimum absolute atomic E-state index is 0.491. The van der Waals surface area contributed by atoms with Gasteiger partial charge < -0.3 is 9.47 Å². The lowest BCUT2D eigenvalue weighted by molar-refractivity contribution is 0.269. The Balaban J connectivity index is 1.40. The van der Waals surface area contributed by atoms with E-state index in [1.54, 1.807) is 6.21 Å². The maximum absolute atomic E-state index is 6.01. The number of thiazole rings is 1. The van der Waals surface area contributed by atoms with Crippen molar-refractivity contribution in [1.82, 2.24) is 4.98 Å². The fraction of sp³-hybridized carbons (Fsp3) is 0.154. The molecular formula is C26H25N3O2S. The van der Waals surface area contributed by atoms with Crippen molar-refractivity contribution in [2.75, 3.05) is 12.0 Å². The molecule has 5 nitrogen and oxygen atoms in total. The van der Waals surface area contributed by atoms with Gasteiger partial charge in [-0.2, -0.15) is 5.10 Å². The van der Waals surface area contributed by atoms with Crippen molar-refractivity contribution >= 4 is 22.7 Å². The van der Waals surface area contributed by atoms with Crippen LogP contribution >= 0.6 is 11.3 Å². The Labute approximate surface area is 192 Å². The highest BCUT2D eigenvalue weighted by atomic mass is 32.1. The summed E-state index contributed by atoms with van der Waals surface area (Å²) in [6, 6.07) is 24.2. The number of benzene rings is 3. The number of hydrazone groups is 1. The summed E-state index contributed by atoms with van der Waals surface area (Å²) in [6.45, 7) is 5.08. The Morgan fingerprint density at radius 3 is 2.66 bits per heavy atom. The smallest absolute Gasteiger partial charge is 0.203 e. The first kappa shape index (κ1) is 21.6. The summed E-state index contributed by atoms with van der Waals surface area (Å²) in [6.07, 6.45) is 1.75. The third kappa shape index (κ3) is 5.74. The van der Waals surface area contributed by atoms with E-state index in [4.69, 9.17) is 9.47 Å². The van der Waals surface area contributed by atoms with E-state index in [0.29, 0.717) is 24.7 Å².